The van der Waals surface area contributed by atoms with E-state index >= 15 is 0 Å². The highest BCUT2D eigenvalue weighted by Gasteiger charge is 2.10. The maximum atomic E-state index is 11.6. The molecule has 0 aliphatic carbocycles. The minimum atomic E-state index is -0.106. The van der Waals surface area contributed by atoms with Gasteiger partial charge in [0.25, 0.3) is 5.56 Å². The van der Waals surface area contributed by atoms with Gasteiger partial charge in [0, 0.05) is 36.0 Å². The molecule has 0 aliphatic heterocycles. The smallest absolute Gasteiger partial charge is 0.266 e. The Kier molecular flexibility index (Phi) is 2.83. The third-order valence-electron chi connectivity index (χ3n) is 3.00. The molecule has 0 unspecified atom stereocenters. The van der Waals surface area contributed by atoms with Crippen molar-refractivity contribution < 1.29 is 0 Å². The lowest BCUT2D eigenvalue weighted by atomic mass is 10.1. The van der Waals surface area contributed by atoms with Crippen molar-refractivity contribution in [3.05, 3.63) is 46.1 Å². The Labute approximate surface area is 113 Å². The van der Waals surface area contributed by atoms with E-state index in [0.717, 1.165) is 22.2 Å². The average molecular weight is 275 g/mol. The molecule has 19 heavy (non-hydrogen) atoms. The zero-order valence-corrected chi connectivity index (χ0v) is 11.0. The van der Waals surface area contributed by atoms with Gasteiger partial charge >= 0.3 is 0 Å². The highest BCUT2D eigenvalue weighted by molar-refractivity contribution is 6.34. The first-order chi connectivity index (χ1) is 9.20. The summed E-state index contributed by atoms with van der Waals surface area (Å²) in [5, 5.41) is 5.70. The first-order valence-electron chi connectivity index (χ1n) is 5.91. The number of hydrogen-bond acceptors (Lipinski definition) is 3. The van der Waals surface area contributed by atoms with Gasteiger partial charge in [0.2, 0.25) is 0 Å². The van der Waals surface area contributed by atoms with Crippen LogP contribution in [0.4, 0.5) is 0 Å². The van der Waals surface area contributed by atoms with E-state index in [0.29, 0.717) is 11.7 Å². The molecule has 0 saturated heterocycles. The Bertz CT molecular complexity index is 806. The monoisotopic (exact) mass is 274 g/mol. The highest BCUT2D eigenvalue weighted by atomic mass is 35.5. The second kappa shape index (κ2) is 4.51. The first kappa shape index (κ1) is 11.9. The minimum absolute atomic E-state index is 0.106. The van der Waals surface area contributed by atoms with Crippen LogP contribution >= 0.6 is 11.6 Å². The number of aromatic amines is 1. The Balaban J connectivity index is 2.25. The lowest BCUT2D eigenvalue weighted by Gasteiger charge is -2.03. The third kappa shape index (κ3) is 1.92. The summed E-state index contributed by atoms with van der Waals surface area (Å²) < 4.78 is 1.43. The molecule has 1 N–H and O–H groups in total. The predicted molar refractivity (Wildman–Crippen MR) is 74.3 cm³/mol. The van der Waals surface area contributed by atoms with E-state index in [1.807, 2.05) is 19.2 Å². The van der Waals surface area contributed by atoms with Gasteiger partial charge < -0.3 is 4.98 Å². The maximum Gasteiger partial charge on any atom is 0.266 e. The summed E-state index contributed by atoms with van der Waals surface area (Å²) in [6.07, 6.45) is 3.48. The van der Waals surface area contributed by atoms with Gasteiger partial charge in [-0.05, 0) is 19.1 Å². The van der Waals surface area contributed by atoms with Gasteiger partial charge in [-0.3, -0.25) is 4.79 Å². The van der Waals surface area contributed by atoms with E-state index in [2.05, 4.69) is 15.1 Å². The SMILES string of the molecule is CCn1nc(-c2c[nH]c3c(Cl)nccc23)ccc1=O. The van der Waals surface area contributed by atoms with Crippen molar-refractivity contribution in [1.29, 1.82) is 0 Å². The minimum Gasteiger partial charge on any atom is -0.358 e. The van der Waals surface area contributed by atoms with Crippen LogP contribution in [-0.2, 0) is 6.54 Å². The average Bonchev–Trinajstić information content (AvgIpc) is 2.85. The molecule has 0 aromatic carbocycles. The van der Waals surface area contributed by atoms with Gasteiger partial charge in [0.15, 0.2) is 5.15 Å². The van der Waals surface area contributed by atoms with Crippen molar-refractivity contribution in [2.75, 3.05) is 0 Å². The molecule has 3 heterocycles. The fourth-order valence-electron chi connectivity index (χ4n) is 2.05. The van der Waals surface area contributed by atoms with Crippen LogP contribution in [0.15, 0.2) is 35.4 Å². The van der Waals surface area contributed by atoms with E-state index in [-0.39, 0.29) is 5.56 Å². The molecule has 0 spiro atoms. The number of pyridine rings is 1. The number of nitrogens with zero attached hydrogens (tertiary/aromatic N) is 3. The van der Waals surface area contributed by atoms with Crippen molar-refractivity contribution in [2.24, 2.45) is 0 Å². The van der Waals surface area contributed by atoms with Crippen LogP contribution in [0, 0.1) is 0 Å². The van der Waals surface area contributed by atoms with Gasteiger partial charge in [-0.2, -0.15) is 5.10 Å². The van der Waals surface area contributed by atoms with Gasteiger partial charge in [0.1, 0.15) is 0 Å². The van der Waals surface area contributed by atoms with Crippen LogP contribution < -0.4 is 5.56 Å². The second-order valence-corrected chi connectivity index (χ2v) is 4.46. The molecule has 0 aliphatic rings. The topological polar surface area (TPSA) is 63.6 Å². The summed E-state index contributed by atoms with van der Waals surface area (Å²) in [5.41, 5.74) is 2.30. The molecule has 6 heteroatoms. The summed E-state index contributed by atoms with van der Waals surface area (Å²) in [4.78, 5) is 18.7. The predicted octanol–water partition coefficient (Wildman–Crippen LogP) is 2.46. The molecule has 3 aromatic heterocycles. The summed E-state index contributed by atoms with van der Waals surface area (Å²) in [7, 11) is 0. The maximum absolute atomic E-state index is 11.6. The Hall–Kier alpha value is -2.14. The zero-order valence-electron chi connectivity index (χ0n) is 10.2. The fourth-order valence-corrected chi connectivity index (χ4v) is 2.26. The molecule has 3 rings (SSSR count). The van der Waals surface area contributed by atoms with E-state index < -0.39 is 0 Å². The molecular formula is C13H11ClN4O. The normalized spacial score (nSPS) is 11.1. The summed E-state index contributed by atoms with van der Waals surface area (Å²) in [6.45, 7) is 2.42. The Morgan fingerprint density at radius 3 is 3.00 bits per heavy atom. The molecule has 96 valence electrons. The fraction of sp³-hybridized carbons (Fsp3) is 0.154. The molecule has 0 radical (unpaired) electrons. The third-order valence-corrected chi connectivity index (χ3v) is 3.28. The zero-order chi connectivity index (χ0) is 13.4. The number of aromatic nitrogens is 4. The molecular weight excluding hydrogens is 264 g/mol. The van der Waals surface area contributed by atoms with Gasteiger partial charge in [0.05, 0.1) is 11.2 Å². The summed E-state index contributed by atoms with van der Waals surface area (Å²) >= 11 is 6.02. The number of nitrogens with one attached hydrogen (secondary N) is 1. The summed E-state index contributed by atoms with van der Waals surface area (Å²) in [5.74, 6) is 0. The lowest BCUT2D eigenvalue weighted by Crippen LogP contribution is -2.20. The number of fused-ring (bicyclic) bond motifs is 1. The largest absolute Gasteiger partial charge is 0.358 e. The van der Waals surface area contributed by atoms with Crippen LogP contribution in [0.3, 0.4) is 0 Å². The number of hydrogen-bond donors (Lipinski definition) is 1. The molecule has 0 fully saturated rings. The van der Waals surface area contributed by atoms with E-state index in [1.54, 1.807) is 12.3 Å². The van der Waals surface area contributed by atoms with Gasteiger partial charge in [-0.25, -0.2) is 9.67 Å². The Morgan fingerprint density at radius 2 is 2.21 bits per heavy atom. The number of rotatable bonds is 2. The van der Waals surface area contributed by atoms with Gasteiger partial charge in [-0.1, -0.05) is 11.6 Å². The van der Waals surface area contributed by atoms with Gasteiger partial charge in [-0.15, -0.1) is 0 Å². The lowest BCUT2D eigenvalue weighted by molar-refractivity contribution is 0.619. The van der Waals surface area contributed by atoms with Crippen molar-refractivity contribution in [2.45, 2.75) is 13.5 Å². The van der Waals surface area contributed by atoms with Crippen molar-refractivity contribution in [3.63, 3.8) is 0 Å². The van der Waals surface area contributed by atoms with Crippen LogP contribution in [0.25, 0.3) is 22.2 Å². The molecule has 0 saturated carbocycles. The van der Waals surface area contributed by atoms with E-state index in [4.69, 9.17) is 11.6 Å². The van der Waals surface area contributed by atoms with Crippen LogP contribution in [0.5, 0.6) is 0 Å². The van der Waals surface area contributed by atoms with Crippen molar-refractivity contribution in [3.8, 4) is 11.3 Å². The van der Waals surface area contributed by atoms with Crippen LogP contribution in [0.2, 0.25) is 5.15 Å². The summed E-state index contributed by atoms with van der Waals surface area (Å²) in [6, 6.07) is 5.11. The molecule has 0 bridgehead atoms. The van der Waals surface area contributed by atoms with Crippen molar-refractivity contribution >= 4 is 22.5 Å². The number of halogens is 1. The van der Waals surface area contributed by atoms with Crippen LogP contribution in [0.1, 0.15) is 6.92 Å². The first-order valence-corrected chi connectivity index (χ1v) is 6.28. The molecule has 5 nitrogen and oxygen atoms in total. The molecule has 0 atom stereocenters. The molecule has 3 aromatic rings. The molecule has 0 amide bonds. The second-order valence-electron chi connectivity index (χ2n) is 4.10. The Morgan fingerprint density at radius 1 is 1.37 bits per heavy atom. The number of aryl methyl sites for hydroxylation is 1. The number of H-pyrrole nitrogens is 1. The van der Waals surface area contributed by atoms with E-state index in [1.165, 1.54) is 10.7 Å². The standard InChI is InChI=1S/C13H11ClN4O/c1-2-18-11(19)4-3-10(17-18)9-7-16-12-8(9)5-6-15-13(12)14/h3-7,16H,2H2,1H3. The quantitative estimate of drug-likeness (QED) is 0.730. The van der Waals surface area contributed by atoms with Crippen molar-refractivity contribution in [1.82, 2.24) is 19.7 Å². The van der Waals surface area contributed by atoms with Crippen LogP contribution in [-0.4, -0.2) is 19.7 Å². The highest BCUT2D eigenvalue weighted by Crippen LogP contribution is 2.29. The van der Waals surface area contributed by atoms with E-state index in [9.17, 15) is 4.79 Å².